The highest BCUT2D eigenvalue weighted by Crippen LogP contribution is 2.71. The van der Waals surface area contributed by atoms with E-state index in [9.17, 15) is 10.2 Å². The summed E-state index contributed by atoms with van der Waals surface area (Å²) in [5.74, 6) is 0.773. The van der Waals surface area contributed by atoms with Crippen molar-refractivity contribution in [2.75, 3.05) is 26.2 Å². The highest BCUT2D eigenvalue weighted by atomic mass is 32.1. The van der Waals surface area contributed by atoms with E-state index >= 15 is 0 Å². The number of rotatable bonds is 5. The molecule has 0 radical (unpaired) electrons. The summed E-state index contributed by atoms with van der Waals surface area (Å²) in [7, 11) is 0. The van der Waals surface area contributed by atoms with E-state index in [2.05, 4.69) is 41.6 Å². The van der Waals surface area contributed by atoms with Crippen molar-refractivity contribution in [2.24, 2.45) is 22.7 Å². The van der Waals surface area contributed by atoms with Gasteiger partial charge in [-0.25, -0.2) is 0 Å². The summed E-state index contributed by atoms with van der Waals surface area (Å²) in [6, 6.07) is 2.07. The van der Waals surface area contributed by atoms with Crippen LogP contribution in [0.25, 0.3) is 0 Å². The maximum absolute atomic E-state index is 12.4. The number of allylic oxidation sites excluding steroid dienone is 1. The van der Waals surface area contributed by atoms with Crippen molar-refractivity contribution < 1.29 is 14.9 Å². The van der Waals surface area contributed by atoms with E-state index in [4.69, 9.17) is 4.74 Å². The van der Waals surface area contributed by atoms with Gasteiger partial charge in [0.25, 0.3) is 0 Å². The lowest BCUT2D eigenvalue weighted by molar-refractivity contribution is -0.221. The monoisotopic (exact) mass is 485 g/mol. The van der Waals surface area contributed by atoms with Crippen LogP contribution < -0.4 is 0 Å². The third-order valence-electron chi connectivity index (χ3n) is 11.3. The molecule has 2 N–H and O–H groups in total. The van der Waals surface area contributed by atoms with Crippen molar-refractivity contribution in [1.82, 2.24) is 4.90 Å². The number of hydrogen-bond donors (Lipinski definition) is 2. The maximum atomic E-state index is 12.4. The number of fused-ring (bicyclic) bond motifs is 5. The number of likely N-dealkylation sites (tertiary alicyclic amines) is 1. The highest BCUT2D eigenvalue weighted by molar-refractivity contribution is 7.08. The molecule has 4 aliphatic carbocycles. The fourth-order valence-corrected chi connectivity index (χ4v) is 9.84. The van der Waals surface area contributed by atoms with Crippen LogP contribution in [0.15, 0.2) is 28.5 Å². The fraction of sp³-hybridized carbons (Fsp3) is 0.793. The number of ether oxygens (including phenoxy) is 1. The Balaban J connectivity index is 1.20. The molecule has 1 aliphatic heterocycles. The van der Waals surface area contributed by atoms with Crippen LogP contribution in [0.3, 0.4) is 0 Å². The second-order valence-corrected chi connectivity index (χ2v) is 13.3. The van der Waals surface area contributed by atoms with E-state index in [-0.39, 0.29) is 17.4 Å². The standard InChI is InChI=1S/C29H43NO3S/c1-26-10-7-23(33-17-16-30-14-3-4-15-30)19-21(26)5-6-25-24(26)8-11-27(2)28(31,12-13-29(25,27)32)22-9-18-34-20-22/h9,18-20,23-25,31-32H,3-8,10-17H2,1-2H3/t23?,24-,25-,26+,27-,28?,29-/m1/s1. The van der Waals surface area contributed by atoms with Crippen LogP contribution in [0.4, 0.5) is 0 Å². The molecule has 1 aromatic rings. The largest absolute Gasteiger partial charge is 0.389 e. The Bertz CT molecular complexity index is 926. The first-order valence-corrected chi connectivity index (χ1v) is 14.8. The summed E-state index contributed by atoms with van der Waals surface area (Å²) >= 11 is 1.65. The van der Waals surface area contributed by atoms with E-state index < -0.39 is 16.6 Å². The summed E-state index contributed by atoms with van der Waals surface area (Å²) in [5.41, 5.74) is 0.593. The van der Waals surface area contributed by atoms with Crippen molar-refractivity contribution in [1.29, 1.82) is 0 Å². The molecule has 0 spiro atoms. The molecule has 4 nitrogen and oxygen atoms in total. The molecule has 7 atom stereocenters. The van der Waals surface area contributed by atoms with Crippen molar-refractivity contribution in [3.8, 4) is 0 Å². The molecule has 4 fully saturated rings. The van der Waals surface area contributed by atoms with E-state index in [1.165, 1.54) is 25.9 Å². The lowest BCUT2D eigenvalue weighted by Crippen LogP contribution is -2.63. The summed E-state index contributed by atoms with van der Waals surface area (Å²) < 4.78 is 6.35. The number of nitrogens with zero attached hydrogens (tertiary/aromatic N) is 1. The van der Waals surface area contributed by atoms with Gasteiger partial charge < -0.3 is 19.8 Å². The van der Waals surface area contributed by atoms with Gasteiger partial charge in [-0.15, -0.1) is 0 Å². The molecule has 2 unspecified atom stereocenters. The average molecular weight is 486 g/mol. The van der Waals surface area contributed by atoms with Gasteiger partial charge in [0.05, 0.1) is 23.9 Å². The van der Waals surface area contributed by atoms with Crippen LogP contribution in [-0.2, 0) is 10.3 Å². The van der Waals surface area contributed by atoms with Crippen LogP contribution >= 0.6 is 11.3 Å². The van der Waals surface area contributed by atoms with Gasteiger partial charge in [0, 0.05) is 12.0 Å². The minimum atomic E-state index is -0.912. The van der Waals surface area contributed by atoms with Crippen LogP contribution in [-0.4, -0.2) is 53.1 Å². The third-order valence-corrected chi connectivity index (χ3v) is 12.0. The highest BCUT2D eigenvalue weighted by Gasteiger charge is 2.71. The van der Waals surface area contributed by atoms with Crippen LogP contribution in [0.2, 0.25) is 0 Å². The molecular formula is C29H43NO3S. The molecule has 5 heteroatoms. The molecule has 0 amide bonds. The topological polar surface area (TPSA) is 52.9 Å². The maximum Gasteiger partial charge on any atom is 0.0986 e. The Labute approximate surface area is 209 Å². The zero-order valence-electron chi connectivity index (χ0n) is 21.1. The Morgan fingerprint density at radius 3 is 2.62 bits per heavy atom. The molecule has 2 heterocycles. The summed E-state index contributed by atoms with van der Waals surface area (Å²) in [6.07, 6.45) is 13.2. The van der Waals surface area contributed by atoms with Crippen molar-refractivity contribution >= 4 is 11.3 Å². The second-order valence-electron chi connectivity index (χ2n) is 12.5. The van der Waals surface area contributed by atoms with E-state index in [1.54, 1.807) is 16.9 Å². The Kier molecular flexibility index (Phi) is 5.85. The Morgan fingerprint density at radius 2 is 1.85 bits per heavy atom. The van der Waals surface area contributed by atoms with Gasteiger partial charge in [0.2, 0.25) is 0 Å². The summed E-state index contributed by atoms with van der Waals surface area (Å²) in [5, 5.41) is 28.5. The molecule has 0 aromatic carbocycles. The Hall–Kier alpha value is -0.720. The van der Waals surface area contributed by atoms with Gasteiger partial charge in [-0.2, -0.15) is 11.3 Å². The molecular weight excluding hydrogens is 442 g/mol. The molecule has 0 bridgehead atoms. The zero-order chi connectivity index (χ0) is 23.6. The van der Waals surface area contributed by atoms with Gasteiger partial charge >= 0.3 is 0 Å². The van der Waals surface area contributed by atoms with E-state index in [0.717, 1.165) is 57.2 Å². The number of hydrogen-bond acceptors (Lipinski definition) is 5. The van der Waals surface area contributed by atoms with E-state index in [1.807, 2.05) is 0 Å². The van der Waals surface area contributed by atoms with E-state index in [0.29, 0.717) is 18.8 Å². The van der Waals surface area contributed by atoms with Crippen LogP contribution in [0.1, 0.15) is 83.6 Å². The summed E-state index contributed by atoms with van der Waals surface area (Å²) in [6.45, 7) is 9.05. The molecule has 188 valence electrons. The van der Waals surface area contributed by atoms with Crippen molar-refractivity contribution in [3.05, 3.63) is 34.0 Å². The number of aliphatic hydroxyl groups is 2. The first kappa shape index (κ1) is 23.7. The molecule has 34 heavy (non-hydrogen) atoms. The third kappa shape index (κ3) is 3.30. The lowest BCUT2D eigenvalue weighted by Gasteiger charge is -2.62. The molecule has 5 aliphatic rings. The van der Waals surface area contributed by atoms with Crippen LogP contribution in [0.5, 0.6) is 0 Å². The normalized spacial score (nSPS) is 46.6. The molecule has 1 aromatic heterocycles. The van der Waals surface area contributed by atoms with Gasteiger partial charge in [-0.05, 0) is 117 Å². The smallest absolute Gasteiger partial charge is 0.0986 e. The SMILES string of the molecule is C[C@]12CCC(OCCN3CCCC3)C=C1CC[C@@H]1[C@H]2CC[C@]2(C)C(O)(c3ccsc3)CC[C@@]12O. The van der Waals surface area contributed by atoms with Crippen molar-refractivity contribution in [2.45, 2.75) is 95.4 Å². The second kappa shape index (κ2) is 8.41. The fourth-order valence-electron chi connectivity index (χ4n) is 9.12. The number of thiophene rings is 1. The zero-order valence-corrected chi connectivity index (χ0v) is 21.9. The van der Waals surface area contributed by atoms with Crippen molar-refractivity contribution in [3.63, 3.8) is 0 Å². The van der Waals surface area contributed by atoms with Gasteiger partial charge in [0.1, 0.15) is 0 Å². The molecule has 3 saturated carbocycles. The van der Waals surface area contributed by atoms with Crippen LogP contribution in [0, 0.1) is 22.7 Å². The molecule has 6 rings (SSSR count). The predicted octanol–water partition coefficient (Wildman–Crippen LogP) is 5.49. The molecule has 1 saturated heterocycles. The summed E-state index contributed by atoms with van der Waals surface area (Å²) in [4.78, 5) is 2.53. The first-order valence-electron chi connectivity index (χ1n) is 13.8. The first-order chi connectivity index (χ1) is 16.3. The predicted molar refractivity (Wildman–Crippen MR) is 137 cm³/mol. The Morgan fingerprint density at radius 1 is 1.03 bits per heavy atom. The minimum Gasteiger partial charge on any atom is -0.389 e. The van der Waals surface area contributed by atoms with Gasteiger partial charge in [-0.1, -0.05) is 25.5 Å². The quantitative estimate of drug-likeness (QED) is 0.541. The minimum absolute atomic E-state index is 0.165. The van der Waals surface area contributed by atoms with Gasteiger partial charge in [-0.3, -0.25) is 0 Å². The lowest BCUT2D eigenvalue weighted by atomic mass is 9.44. The average Bonchev–Trinajstić information content (AvgIpc) is 3.57. The van der Waals surface area contributed by atoms with Gasteiger partial charge in [0.15, 0.2) is 0 Å².